The van der Waals surface area contributed by atoms with Crippen molar-refractivity contribution in [2.24, 2.45) is 5.92 Å². The molecule has 1 aliphatic heterocycles. The van der Waals surface area contributed by atoms with Gasteiger partial charge in [-0.3, -0.25) is 9.59 Å². The Hall–Kier alpha value is -1.60. The van der Waals surface area contributed by atoms with Crippen LogP contribution in [0.2, 0.25) is 5.02 Å². The maximum atomic E-state index is 12.7. The van der Waals surface area contributed by atoms with Crippen LogP contribution < -0.4 is 4.72 Å². The third kappa shape index (κ3) is 3.74. The zero-order valence-electron chi connectivity index (χ0n) is 14.7. The van der Waals surface area contributed by atoms with Crippen molar-refractivity contribution >= 4 is 33.4 Å². The maximum Gasteiger partial charge on any atom is 0.264 e. The van der Waals surface area contributed by atoms with Crippen molar-refractivity contribution in [3.05, 3.63) is 29.3 Å². The Morgan fingerprint density at radius 3 is 2.58 bits per heavy atom. The van der Waals surface area contributed by atoms with Gasteiger partial charge in [0.15, 0.2) is 0 Å². The molecule has 0 bridgehead atoms. The van der Waals surface area contributed by atoms with Gasteiger partial charge >= 0.3 is 0 Å². The summed E-state index contributed by atoms with van der Waals surface area (Å²) in [6, 6.07) is 5.71. The zero-order chi connectivity index (χ0) is 18.9. The Labute approximate surface area is 158 Å². The molecule has 0 radical (unpaired) electrons. The fourth-order valence-electron chi connectivity index (χ4n) is 3.69. The van der Waals surface area contributed by atoms with E-state index in [9.17, 15) is 18.0 Å². The van der Waals surface area contributed by atoms with Gasteiger partial charge in [-0.25, -0.2) is 13.1 Å². The summed E-state index contributed by atoms with van der Waals surface area (Å²) in [5, 5.41) is 0.267. The van der Waals surface area contributed by atoms with Crippen molar-refractivity contribution in [3.8, 4) is 0 Å². The van der Waals surface area contributed by atoms with Crippen LogP contribution in [-0.2, 0) is 19.6 Å². The van der Waals surface area contributed by atoms with E-state index in [-0.39, 0.29) is 15.8 Å². The van der Waals surface area contributed by atoms with Crippen LogP contribution in [0, 0.1) is 5.92 Å². The summed E-state index contributed by atoms with van der Waals surface area (Å²) >= 11 is 5.83. The largest absolute Gasteiger partial charge is 0.328 e. The van der Waals surface area contributed by atoms with Gasteiger partial charge < -0.3 is 4.90 Å². The number of carbonyl (C=O) groups is 2. The monoisotopic (exact) mass is 398 g/mol. The van der Waals surface area contributed by atoms with Crippen molar-refractivity contribution in [1.82, 2.24) is 9.62 Å². The molecule has 2 aliphatic rings. The lowest BCUT2D eigenvalue weighted by molar-refractivity contribution is -0.157. The summed E-state index contributed by atoms with van der Waals surface area (Å²) < 4.78 is 27.0. The van der Waals surface area contributed by atoms with Crippen molar-refractivity contribution in [2.45, 2.75) is 55.9 Å². The molecule has 3 rings (SSSR count). The predicted molar refractivity (Wildman–Crippen MR) is 98.1 cm³/mol. The van der Waals surface area contributed by atoms with Crippen LogP contribution in [0.4, 0.5) is 0 Å². The van der Waals surface area contributed by atoms with Gasteiger partial charge in [0, 0.05) is 18.0 Å². The van der Waals surface area contributed by atoms with E-state index in [1.165, 1.54) is 23.1 Å². The molecular weight excluding hydrogens is 376 g/mol. The standard InChI is InChI=1S/C18H23ClN2O4S/c1-18(9-10-21(18)16(22)11-13-5-2-3-6-13)17(23)20-26(24,25)15-8-4-7-14(19)12-15/h4,7-8,12-13H,2-3,5-6,9-11H2,1H3,(H,20,23). The second kappa shape index (κ2) is 7.19. The van der Waals surface area contributed by atoms with Crippen LogP contribution in [0.15, 0.2) is 29.2 Å². The molecule has 1 heterocycles. The lowest BCUT2D eigenvalue weighted by Crippen LogP contribution is -2.67. The van der Waals surface area contributed by atoms with Gasteiger partial charge in [0.2, 0.25) is 5.91 Å². The Kier molecular flexibility index (Phi) is 5.30. The van der Waals surface area contributed by atoms with Crippen molar-refractivity contribution in [3.63, 3.8) is 0 Å². The molecular formula is C18H23ClN2O4S. The minimum absolute atomic E-state index is 0.0686. The van der Waals surface area contributed by atoms with Gasteiger partial charge in [0.05, 0.1) is 4.90 Å². The molecule has 26 heavy (non-hydrogen) atoms. The van der Waals surface area contributed by atoms with Gasteiger partial charge in [0.1, 0.15) is 5.54 Å². The molecule has 1 atom stereocenters. The summed E-state index contributed by atoms with van der Waals surface area (Å²) in [6.45, 7) is 2.10. The van der Waals surface area contributed by atoms with Crippen LogP contribution in [0.5, 0.6) is 0 Å². The Balaban J connectivity index is 1.69. The number of rotatable bonds is 5. The third-order valence-electron chi connectivity index (χ3n) is 5.48. The van der Waals surface area contributed by atoms with E-state index < -0.39 is 21.5 Å². The number of hydrogen-bond acceptors (Lipinski definition) is 4. The first-order valence-corrected chi connectivity index (χ1v) is 10.7. The average molecular weight is 399 g/mol. The smallest absolute Gasteiger partial charge is 0.264 e. The highest BCUT2D eigenvalue weighted by atomic mass is 35.5. The minimum atomic E-state index is -4.03. The first-order valence-electron chi connectivity index (χ1n) is 8.86. The van der Waals surface area contributed by atoms with Crippen molar-refractivity contribution in [1.29, 1.82) is 0 Å². The van der Waals surface area contributed by atoms with Crippen LogP contribution in [0.1, 0.15) is 45.4 Å². The molecule has 1 aromatic carbocycles. The number of carbonyl (C=O) groups excluding carboxylic acids is 2. The van der Waals surface area contributed by atoms with E-state index >= 15 is 0 Å². The first kappa shape index (κ1) is 19.2. The summed E-state index contributed by atoms with van der Waals surface area (Å²) in [6.07, 6.45) is 5.27. The number of sulfonamides is 1. The second-order valence-electron chi connectivity index (χ2n) is 7.32. The Morgan fingerprint density at radius 2 is 2.00 bits per heavy atom. The lowest BCUT2D eigenvalue weighted by atomic mass is 9.85. The summed E-state index contributed by atoms with van der Waals surface area (Å²) in [5.74, 6) is -0.366. The van der Waals surface area contributed by atoms with E-state index in [2.05, 4.69) is 4.72 Å². The van der Waals surface area contributed by atoms with E-state index in [0.29, 0.717) is 25.3 Å². The molecule has 1 aliphatic carbocycles. The molecule has 1 saturated carbocycles. The van der Waals surface area contributed by atoms with E-state index in [0.717, 1.165) is 25.7 Å². The number of hydrogen-bond donors (Lipinski definition) is 1. The van der Waals surface area contributed by atoms with Gasteiger partial charge in [-0.1, -0.05) is 30.5 Å². The second-order valence-corrected chi connectivity index (χ2v) is 9.43. The normalized spacial score (nSPS) is 23.5. The number of benzene rings is 1. The van der Waals surface area contributed by atoms with Crippen molar-refractivity contribution in [2.75, 3.05) is 6.54 Å². The fourth-order valence-corrected chi connectivity index (χ4v) is 5.07. The molecule has 1 saturated heterocycles. The molecule has 142 valence electrons. The topological polar surface area (TPSA) is 83.6 Å². The first-order chi connectivity index (χ1) is 12.2. The molecule has 6 nitrogen and oxygen atoms in total. The highest BCUT2D eigenvalue weighted by Crippen LogP contribution is 2.35. The third-order valence-corrected chi connectivity index (χ3v) is 7.04. The summed E-state index contributed by atoms with van der Waals surface area (Å²) in [7, 11) is -4.03. The number of halogens is 1. The molecule has 1 unspecified atom stereocenters. The Morgan fingerprint density at radius 1 is 1.31 bits per heavy atom. The van der Waals surface area contributed by atoms with Crippen LogP contribution in [0.3, 0.4) is 0 Å². The quantitative estimate of drug-likeness (QED) is 0.826. The molecule has 1 aromatic rings. The SMILES string of the molecule is CC1(C(=O)NS(=O)(=O)c2cccc(Cl)c2)CCN1C(=O)CC1CCCC1. The molecule has 0 spiro atoms. The number of likely N-dealkylation sites (tertiary alicyclic amines) is 1. The summed E-state index contributed by atoms with van der Waals surface area (Å²) in [5.41, 5.74) is -1.12. The van der Waals surface area contributed by atoms with Crippen molar-refractivity contribution < 1.29 is 18.0 Å². The number of nitrogens with zero attached hydrogens (tertiary/aromatic N) is 1. The average Bonchev–Trinajstić information content (AvgIpc) is 3.05. The van der Waals surface area contributed by atoms with Gasteiger partial charge in [-0.2, -0.15) is 0 Å². The highest BCUT2D eigenvalue weighted by molar-refractivity contribution is 7.90. The fraction of sp³-hybridized carbons (Fsp3) is 0.556. The van der Waals surface area contributed by atoms with Gasteiger partial charge in [0.25, 0.3) is 15.9 Å². The van der Waals surface area contributed by atoms with Crippen LogP contribution in [0.25, 0.3) is 0 Å². The van der Waals surface area contributed by atoms with Gasteiger partial charge in [-0.05, 0) is 50.3 Å². The van der Waals surface area contributed by atoms with Crippen LogP contribution >= 0.6 is 11.6 Å². The summed E-state index contributed by atoms with van der Waals surface area (Å²) in [4.78, 5) is 26.6. The molecule has 1 N–H and O–H groups in total. The van der Waals surface area contributed by atoms with Gasteiger partial charge in [-0.15, -0.1) is 0 Å². The van der Waals surface area contributed by atoms with E-state index in [1.807, 2.05) is 0 Å². The number of amides is 2. The lowest BCUT2D eigenvalue weighted by Gasteiger charge is -2.49. The van der Waals surface area contributed by atoms with E-state index in [1.54, 1.807) is 13.0 Å². The Bertz CT molecular complexity index is 820. The molecule has 8 heteroatoms. The molecule has 2 amide bonds. The van der Waals surface area contributed by atoms with E-state index in [4.69, 9.17) is 11.6 Å². The maximum absolute atomic E-state index is 12.7. The molecule has 0 aromatic heterocycles. The number of nitrogens with one attached hydrogen (secondary N) is 1. The zero-order valence-corrected chi connectivity index (χ0v) is 16.3. The van der Waals surface area contributed by atoms with Crippen LogP contribution in [-0.4, -0.2) is 37.2 Å². The highest BCUT2D eigenvalue weighted by Gasteiger charge is 2.50. The molecule has 2 fully saturated rings. The predicted octanol–water partition coefficient (Wildman–Crippen LogP) is 2.72. The minimum Gasteiger partial charge on any atom is -0.328 e.